The molecular formula is C18H29ClN2O2. The molecule has 1 aromatic rings. The van der Waals surface area contributed by atoms with Crippen LogP contribution in [-0.4, -0.2) is 25.6 Å². The Bertz CT molecular complexity index is 462. The first-order chi connectivity index (χ1) is 10.8. The van der Waals surface area contributed by atoms with Gasteiger partial charge in [0.15, 0.2) is 0 Å². The van der Waals surface area contributed by atoms with Gasteiger partial charge in [0, 0.05) is 13.0 Å². The average molecular weight is 341 g/mol. The minimum atomic E-state index is 0. The molecule has 1 aliphatic rings. The molecule has 1 atom stereocenters. The quantitative estimate of drug-likeness (QED) is 0.678. The first-order valence-corrected chi connectivity index (χ1v) is 8.47. The minimum Gasteiger partial charge on any atom is -0.494 e. The largest absolute Gasteiger partial charge is 0.494 e. The van der Waals surface area contributed by atoms with Gasteiger partial charge in [0.05, 0.1) is 6.61 Å². The van der Waals surface area contributed by atoms with E-state index >= 15 is 0 Å². The molecule has 2 rings (SSSR count). The zero-order valence-electron chi connectivity index (χ0n) is 14.0. The van der Waals surface area contributed by atoms with Crippen LogP contribution in [0.15, 0.2) is 24.3 Å². The summed E-state index contributed by atoms with van der Waals surface area (Å²) in [6.45, 7) is 5.63. The molecule has 1 amide bonds. The van der Waals surface area contributed by atoms with Crippen LogP contribution in [0, 0.1) is 5.92 Å². The highest BCUT2D eigenvalue weighted by molar-refractivity contribution is 5.85. The second kappa shape index (κ2) is 11.3. The van der Waals surface area contributed by atoms with Crippen LogP contribution in [0.2, 0.25) is 0 Å². The number of hydrogen-bond donors (Lipinski definition) is 2. The fourth-order valence-electron chi connectivity index (χ4n) is 2.66. The van der Waals surface area contributed by atoms with Crippen molar-refractivity contribution in [3.8, 4) is 5.75 Å². The molecular weight excluding hydrogens is 312 g/mol. The smallest absolute Gasteiger partial charge is 0.220 e. The topological polar surface area (TPSA) is 50.4 Å². The lowest BCUT2D eigenvalue weighted by atomic mass is 10.0. The Morgan fingerprint density at radius 3 is 3.04 bits per heavy atom. The summed E-state index contributed by atoms with van der Waals surface area (Å²) in [7, 11) is 0. The number of hydrogen-bond acceptors (Lipinski definition) is 3. The van der Waals surface area contributed by atoms with Gasteiger partial charge < -0.3 is 15.4 Å². The molecule has 1 unspecified atom stereocenters. The van der Waals surface area contributed by atoms with E-state index in [1.54, 1.807) is 0 Å². The van der Waals surface area contributed by atoms with Crippen molar-refractivity contribution in [1.82, 2.24) is 10.6 Å². The van der Waals surface area contributed by atoms with Crippen molar-refractivity contribution in [2.45, 2.75) is 45.6 Å². The number of unbranched alkanes of at least 4 members (excludes halogenated alkanes) is 1. The van der Waals surface area contributed by atoms with E-state index in [-0.39, 0.29) is 18.3 Å². The number of benzene rings is 1. The van der Waals surface area contributed by atoms with Crippen LogP contribution in [0.4, 0.5) is 0 Å². The maximum absolute atomic E-state index is 11.9. The van der Waals surface area contributed by atoms with E-state index in [0.717, 1.165) is 50.3 Å². The SMILES string of the molecule is CCCCOc1cccc(CNC(=O)CCC2CCNC2)c1.Cl. The van der Waals surface area contributed by atoms with Crippen molar-refractivity contribution in [3.05, 3.63) is 29.8 Å². The summed E-state index contributed by atoms with van der Waals surface area (Å²) in [5.74, 6) is 1.70. The molecule has 4 nitrogen and oxygen atoms in total. The number of amides is 1. The number of rotatable bonds is 9. The zero-order valence-corrected chi connectivity index (χ0v) is 14.8. The van der Waals surface area contributed by atoms with Gasteiger partial charge in [0.1, 0.15) is 5.75 Å². The van der Waals surface area contributed by atoms with Crippen molar-refractivity contribution < 1.29 is 9.53 Å². The average Bonchev–Trinajstić information content (AvgIpc) is 3.05. The molecule has 1 fully saturated rings. The van der Waals surface area contributed by atoms with Gasteiger partial charge >= 0.3 is 0 Å². The molecule has 0 bridgehead atoms. The molecule has 0 spiro atoms. The third-order valence-corrected chi connectivity index (χ3v) is 4.10. The number of carbonyl (C=O) groups excluding carboxylic acids is 1. The number of nitrogens with one attached hydrogen (secondary N) is 2. The van der Waals surface area contributed by atoms with E-state index in [2.05, 4.69) is 17.6 Å². The molecule has 0 saturated carbocycles. The molecule has 0 aliphatic carbocycles. The molecule has 1 aliphatic heterocycles. The number of halogens is 1. The Labute approximate surface area is 145 Å². The van der Waals surface area contributed by atoms with Crippen molar-refractivity contribution in [2.75, 3.05) is 19.7 Å². The lowest BCUT2D eigenvalue weighted by molar-refractivity contribution is -0.121. The second-order valence-corrected chi connectivity index (χ2v) is 6.02. The highest BCUT2D eigenvalue weighted by Crippen LogP contribution is 2.15. The molecule has 1 saturated heterocycles. The van der Waals surface area contributed by atoms with E-state index in [4.69, 9.17) is 4.74 Å². The van der Waals surface area contributed by atoms with E-state index in [9.17, 15) is 4.79 Å². The molecule has 1 heterocycles. The molecule has 0 aromatic heterocycles. The summed E-state index contributed by atoms with van der Waals surface area (Å²) >= 11 is 0. The third-order valence-electron chi connectivity index (χ3n) is 4.10. The monoisotopic (exact) mass is 340 g/mol. The van der Waals surface area contributed by atoms with Crippen LogP contribution in [0.5, 0.6) is 5.75 Å². The Morgan fingerprint density at radius 1 is 1.43 bits per heavy atom. The van der Waals surface area contributed by atoms with Gasteiger partial charge in [-0.25, -0.2) is 0 Å². The molecule has 23 heavy (non-hydrogen) atoms. The number of carbonyl (C=O) groups is 1. The summed E-state index contributed by atoms with van der Waals surface area (Å²) < 4.78 is 5.69. The van der Waals surface area contributed by atoms with Gasteiger partial charge in [-0.2, -0.15) is 0 Å². The second-order valence-electron chi connectivity index (χ2n) is 6.02. The summed E-state index contributed by atoms with van der Waals surface area (Å²) in [4.78, 5) is 11.9. The van der Waals surface area contributed by atoms with Crippen molar-refractivity contribution in [1.29, 1.82) is 0 Å². The maximum atomic E-state index is 11.9. The number of ether oxygens (including phenoxy) is 1. The maximum Gasteiger partial charge on any atom is 0.220 e. The molecule has 2 N–H and O–H groups in total. The van der Waals surface area contributed by atoms with Crippen LogP contribution in [0.3, 0.4) is 0 Å². The van der Waals surface area contributed by atoms with E-state index in [1.165, 1.54) is 6.42 Å². The molecule has 0 radical (unpaired) electrons. The van der Waals surface area contributed by atoms with Gasteiger partial charge in [-0.05, 0) is 56.0 Å². The van der Waals surface area contributed by atoms with Crippen LogP contribution in [0.1, 0.15) is 44.6 Å². The minimum absolute atomic E-state index is 0. The summed E-state index contributed by atoms with van der Waals surface area (Å²) in [5.41, 5.74) is 1.09. The fourth-order valence-corrected chi connectivity index (χ4v) is 2.66. The molecule has 130 valence electrons. The third kappa shape index (κ3) is 7.71. The predicted octanol–water partition coefficient (Wildman–Crippen LogP) is 3.29. The lowest BCUT2D eigenvalue weighted by Crippen LogP contribution is -2.23. The summed E-state index contributed by atoms with van der Waals surface area (Å²) in [6, 6.07) is 7.98. The Kier molecular flexibility index (Phi) is 9.72. The fraction of sp³-hybridized carbons (Fsp3) is 0.611. The first-order valence-electron chi connectivity index (χ1n) is 8.47. The van der Waals surface area contributed by atoms with Gasteiger partial charge in [-0.3, -0.25) is 4.79 Å². The predicted molar refractivity (Wildman–Crippen MR) is 96.2 cm³/mol. The summed E-state index contributed by atoms with van der Waals surface area (Å²) in [6.07, 6.45) is 5.01. The highest BCUT2D eigenvalue weighted by atomic mass is 35.5. The van der Waals surface area contributed by atoms with Crippen LogP contribution >= 0.6 is 12.4 Å². The Morgan fingerprint density at radius 2 is 2.30 bits per heavy atom. The zero-order chi connectivity index (χ0) is 15.6. The van der Waals surface area contributed by atoms with E-state index in [0.29, 0.717) is 18.9 Å². The van der Waals surface area contributed by atoms with Crippen molar-refractivity contribution in [3.63, 3.8) is 0 Å². The van der Waals surface area contributed by atoms with E-state index in [1.807, 2.05) is 24.3 Å². The van der Waals surface area contributed by atoms with Gasteiger partial charge in [-0.1, -0.05) is 25.5 Å². The van der Waals surface area contributed by atoms with E-state index < -0.39 is 0 Å². The first kappa shape index (κ1) is 19.8. The Hall–Kier alpha value is -1.26. The molecule has 1 aromatic carbocycles. The standard InChI is InChI=1S/C18H28N2O2.ClH/c1-2-3-11-22-17-6-4-5-16(12-17)14-20-18(21)8-7-15-9-10-19-13-15;/h4-6,12,15,19H,2-3,7-11,13-14H2,1H3,(H,20,21);1H. The van der Waals surface area contributed by atoms with Crippen molar-refractivity contribution in [2.24, 2.45) is 5.92 Å². The van der Waals surface area contributed by atoms with Crippen LogP contribution in [-0.2, 0) is 11.3 Å². The Balaban J connectivity index is 0.00000264. The summed E-state index contributed by atoms with van der Waals surface area (Å²) in [5, 5.41) is 6.34. The van der Waals surface area contributed by atoms with Crippen LogP contribution < -0.4 is 15.4 Å². The van der Waals surface area contributed by atoms with Gasteiger partial charge in [0.25, 0.3) is 0 Å². The highest BCUT2D eigenvalue weighted by Gasteiger charge is 2.15. The lowest BCUT2D eigenvalue weighted by Gasteiger charge is -2.10. The van der Waals surface area contributed by atoms with Crippen LogP contribution in [0.25, 0.3) is 0 Å². The molecule has 5 heteroatoms. The van der Waals surface area contributed by atoms with Crippen molar-refractivity contribution >= 4 is 18.3 Å². The van der Waals surface area contributed by atoms with Gasteiger partial charge in [-0.15, -0.1) is 12.4 Å². The van der Waals surface area contributed by atoms with Gasteiger partial charge in [0.2, 0.25) is 5.91 Å². The normalized spacial score (nSPS) is 16.7.